The number of nitrogens with zero attached hydrogens (tertiary/aromatic N) is 4. The number of rotatable bonds is 7. The van der Waals surface area contributed by atoms with Crippen molar-refractivity contribution in [1.29, 1.82) is 0 Å². The van der Waals surface area contributed by atoms with Gasteiger partial charge < -0.3 is 10.1 Å². The van der Waals surface area contributed by atoms with E-state index in [2.05, 4.69) is 5.10 Å². The number of halogens is 3. The Bertz CT molecular complexity index is 1010. The summed E-state index contributed by atoms with van der Waals surface area (Å²) in [7, 11) is -2.37. The first-order valence-corrected chi connectivity index (χ1v) is 10.5. The number of aromatic nitrogens is 3. The minimum absolute atomic E-state index is 0.0161. The number of sulfone groups is 1. The number of hydrogen-bond donors (Lipinski definition) is 0. The quantitative estimate of drug-likeness (QED) is 0.486. The average Bonchev–Trinajstić information content (AvgIpc) is 3.01. The fourth-order valence-electron chi connectivity index (χ4n) is 2.66. The van der Waals surface area contributed by atoms with Crippen LogP contribution in [0.15, 0.2) is 30.7 Å². The van der Waals surface area contributed by atoms with Crippen molar-refractivity contribution in [2.45, 2.75) is 18.8 Å². The van der Waals surface area contributed by atoms with Crippen LogP contribution in [0, 0.1) is 11.1 Å². The van der Waals surface area contributed by atoms with Gasteiger partial charge in [0.05, 0.1) is 17.7 Å². The van der Waals surface area contributed by atoms with Gasteiger partial charge in [0.1, 0.15) is 11.4 Å². The molecule has 0 radical (unpaired) electrons. The number of alkyl halides is 2. The molecule has 1 saturated carbocycles. The van der Waals surface area contributed by atoms with Crippen LogP contribution in [0.1, 0.15) is 12.8 Å². The summed E-state index contributed by atoms with van der Waals surface area (Å²) in [6, 6.07) is 3.13. The van der Waals surface area contributed by atoms with Gasteiger partial charge in [-0.3, -0.25) is 4.79 Å². The molecule has 1 fully saturated rings. The Balaban J connectivity index is 1.65. The number of carbonyl (C=O) groups excluding carboxylic acids is 1. The van der Waals surface area contributed by atoms with Crippen molar-refractivity contribution >= 4 is 33.0 Å². The normalized spacial score (nSPS) is 18.1. The zero-order chi connectivity index (χ0) is 20.7. The number of hydrogen-bond acceptors (Lipinski definition) is 5. The Kier molecular flexibility index (Phi) is 5.32. The lowest BCUT2D eigenvalue weighted by Crippen LogP contribution is -2.29. The Morgan fingerprint density at radius 2 is 2.21 bits per heavy atom. The van der Waals surface area contributed by atoms with E-state index in [0.717, 1.165) is 4.90 Å². The summed E-state index contributed by atoms with van der Waals surface area (Å²) in [5.41, 5.74) is 0.638. The van der Waals surface area contributed by atoms with Crippen LogP contribution in [0.25, 0.3) is 5.69 Å². The molecule has 0 aliphatic heterocycles. The molecule has 2 heterocycles. The lowest BCUT2D eigenvalue weighted by molar-refractivity contribution is -0.605. The Hall–Kier alpha value is -2.27. The topological polar surface area (TPSA) is 99.2 Å². The SMILES string of the molecule is CN(C(=O)CCS(=O)(=O)CC1CC1(F)F)c1cn(-c2ccc[n+]([O-])c2)nc1Cl. The van der Waals surface area contributed by atoms with Crippen LogP contribution >= 0.6 is 11.6 Å². The molecule has 1 amide bonds. The summed E-state index contributed by atoms with van der Waals surface area (Å²) in [5, 5.41) is 15.4. The Labute approximate surface area is 164 Å². The van der Waals surface area contributed by atoms with E-state index in [9.17, 15) is 27.2 Å². The van der Waals surface area contributed by atoms with Crippen molar-refractivity contribution in [3.63, 3.8) is 0 Å². The molecule has 8 nitrogen and oxygen atoms in total. The fourth-order valence-corrected chi connectivity index (χ4v) is 4.55. The van der Waals surface area contributed by atoms with Crippen LogP contribution < -0.4 is 9.63 Å². The van der Waals surface area contributed by atoms with E-state index in [0.29, 0.717) is 10.4 Å². The number of pyridine rings is 1. The largest absolute Gasteiger partial charge is 0.619 e. The van der Waals surface area contributed by atoms with Crippen LogP contribution in [0.2, 0.25) is 5.15 Å². The van der Waals surface area contributed by atoms with E-state index in [1.165, 1.54) is 36.4 Å². The molecule has 12 heteroatoms. The van der Waals surface area contributed by atoms with Crippen LogP contribution in [-0.2, 0) is 14.6 Å². The molecule has 0 bridgehead atoms. The van der Waals surface area contributed by atoms with Gasteiger partial charge >= 0.3 is 0 Å². The minimum Gasteiger partial charge on any atom is -0.619 e. The molecule has 0 N–H and O–H groups in total. The van der Waals surface area contributed by atoms with E-state index in [1.807, 2.05) is 0 Å². The number of anilines is 1. The maximum absolute atomic E-state index is 12.9. The van der Waals surface area contributed by atoms with Gasteiger partial charge in [0, 0.05) is 31.9 Å². The highest BCUT2D eigenvalue weighted by atomic mass is 35.5. The van der Waals surface area contributed by atoms with Gasteiger partial charge in [-0.25, -0.2) is 21.9 Å². The second-order valence-corrected chi connectivity index (χ2v) is 9.24. The van der Waals surface area contributed by atoms with E-state index < -0.39 is 45.5 Å². The molecular weight excluding hydrogens is 418 g/mol. The predicted octanol–water partition coefficient (Wildman–Crippen LogP) is 1.58. The van der Waals surface area contributed by atoms with E-state index in [4.69, 9.17) is 11.6 Å². The summed E-state index contributed by atoms with van der Waals surface area (Å²) in [6.45, 7) is 0. The van der Waals surface area contributed by atoms with Crippen molar-refractivity contribution in [3.05, 3.63) is 41.1 Å². The third-order valence-electron chi connectivity index (χ3n) is 4.45. The first-order valence-electron chi connectivity index (χ1n) is 8.28. The van der Waals surface area contributed by atoms with Gasteiger partial charge in [-0.05, 0) is 6.07 Å². The van der Waals surface area contributed by atoms with Gasteiger partial charge in [0.2, 0.25) is 12.1 Å². The monoisotopic (exact) mass is 434 g/mol. The third kappa shape index (κ3) is 4.58. The zero-order valence-corrected chi connectivity index (χ0v) is 16.3. The summed E-state index contributed by atoms with van der Waals surface area (Å²) in [6.07, 6.45) is 3.18. The highest BCUT2D eigenvalue weighted by Gasteiger charge is 2.58. The van der Waals surface area contributed by atoms with Gasteiger partial charge in [0.25, 0.3) is 5.92 Å². The molecule has 1 unspecified atom stereocenters. The second-order valence-electron chi connectivity index (χ2n) is 6.65. The highest BCUT2D eigenvalue weighted by Crippen LogP contribution is 2.49. The Morgan fingerprint density at radius 3 is 2.82 bits per heavy atom. The van der Waals surface area contributed by atoms with Crippen molar-refractivity contribution in [2.75, 3.05) is 23.5 Å². The fraction of sp³-hybridized carbons (Fsp3) is 0.438. The summed E-state index contributed by atoms with van der Waals surface area (Å²) in [4.78, 5) is 13.5. The second kappa shape index (κ2) is 7.28. The molecule has 0 aromatic carbocycles. The van der Waals surface area contributed by atoms with Crippen molar-refractivity contribution < 1.29 is 26.7 Å². The minimum atomic E-state index is -3.77. The molecular formula is C16H17ClF2N4O4S. The summed E-state index contributed by atoms with van der Waals surface area (Å²) < 4.78 is 51.6. The maximum atomic E-state index is 12.9. The summed E-state index contributed by atoms with van der Waals surface area (Å²) in [5.74, 6) is -5.79. The first kappa shape index (κ1) is 20.5. The molecule has 152 valence electrons. The average molecular weight is 435 g/mol. The van der Waals surface area contributed by atoms with Crippen molar-refractivity contribution in [1.82, 2.24) is 9.78 Å². The van der Waals surface area contributed by atoms with Crippen LogP contribution in [0.5, 0.6) is 0 Å². The van der Waals surface area contributed by atoms with Crippen molar-refractivity contribution in [2.24, 2.45) is 5.92 Å². The molecule has 28 heavy (non-hydrogen) atoms. The van der Waals surface area contributed by atoms with E-state index in [-0.39, 0.29) is 17.3 Å². The lowest BCUT2D eigenvalue weighted by atomic mass is 10.4. The Morgan fingerprint density at radius 1 is 1.54 bits per heavy atom. The molecule has 2 aromatic heterocycles. The van der Waals surface area contributed by atoms with E-state index in [1.54, 1.807) is 6.07 Å². The van der Waals surface area contributed by atoms with Gasteiger partial charge in [-0.1, -0.05) is 11.6 Å². The molecule has 1 aliphatic rings. The molecule has 1 atom stereocenters. The maximum Gasteiger partial charge on any atom is 0.252 e. The zero-order valence-electron chi connectivity index (χ0n) is 14.8. The van der Waals surface area contributed by atoms with Crippen LogP contribution in [-0.4, -0.2) is 48.6 Å². The molecule has 2 aromatic rings. The molecule has 0 saturated heterocycles. The molecule has 0 spiro atoms. The predicted molar refractivity (Wildman–Crippen MR) is 97.3 cm³/mol. The lowest BCUT2D eigenvalue weighted by Gasteiger charge is -2.15. The van der Waals surface area contributed by atoms with Crippen LogP contribution in [0.3, 0.4) is 0 Å². The number of amides is 1. The smallest absolute Gasteiger partial charge is 0.252 e. The van der Waals surface area contributed by atoms with Crippen LogP contribution in [0.4, 0.5) is 14.5 Å². The van der Waals surface area contributed by atoms with E-state index >= 15 is 0 Å². The van der Waals surface area contributed by atoms with Gasteiger partial charge in [-0.2, -0.15) is 9.83 Å². The standard InChI is InChI=1S/C16H17ClF2N4O4S/c1-21(14(24)4-6-28(26,27)10-11-7-16(11,18)19)13-9-23(20-15(13)17)12-3-2-5-22(25)8-12/h2-3,5,8-9,11H,4,6-7,10H2,1H3. The number of carbonyl (C=O) groups is 1. The van der Waals surface area contributed by atoms with Crippen molar-refractivity contribution in [3.8, 4) is 5.69 Å². The summed E-state index contributed by atoms with van der Waals surface area (Å²) >= 11 is 6.06. The molecule has 3 rings (SSSR count). The highest BCUT2D eigenvalue weighted by molar-refractivity contribution is 7.91. The van der Waals surface area contributed by atoms with Gasteiger partial charge in [0.15, 0.2) is 21.2 Å². The molecule has 1 aliphatic carbocycles. The first-order chi connectivity index (χ1) is 13.0. The third-order valence-corrected chi connectivity index (χ3v) is 6.45. The van der Waals surface area contributed by atoms with Gasteiger partial charge in [-0.15, -0.1) is 0 Å².